The predicted octanol–water partition coefficient (Wildman–Crippen LogP) is 3.25. The number of carbonyl (C=O) groups is 1. The first-order valence-electron chi connectivity index (χ1n) is 5.93. The van der Waals surface area contributed by atoms with E-state index in [9.17, 15) is 4.79 Å². The molecule has 2 aromatic rings. The van der Waals surface area contributed by atoms with Gasteiger partial charge in [0.05, 0.1) is 5.56 Å². The van der Waals surface area contributed by atoms with Crippen LogP contribution < -0.4 is 0 Å². The number of ether oxygens (including phenoxy) is 1. The number of cyclic esters (lactones) is 1. The summed E-state index contributed by atoms with van der Waals surface area (Å²) in [5.74, 6) is 6.12. The van der Waals surface area contributed by atoms with Crippen LogP contribution in [0.1, 0.15) is 21.5 Å². The van der Waals surface area contributed by atoms with Crippen molar-refractivity contribution in [2.75, 3.05) is 0 Å². The maximum atomic E-state index is 11.6. The van der Waals surface area contributed by atoms with Gasteiger partial charge in [0.15, 0.2) is 0 Å². The zero-order chi connectivity index (χ0) is 13.1. The van der Waals surface area contributed by atoms with Crippen LogP contribution in [-0.2, 0) is 4.74 Å². The third-order valence-electron chi connectivity index (χ3n) is 2.81. The zero-order valence-corrected chi connectivity index (χ0v) is 10.1. The predicted molar refractivity (Wildman–Crippen MR) is 73.2 cm³/mol. The first-order chi connectivity index (χ1) is 9.34. The van der Waals surface area contributed by atoms with Crippen LogP contribution in [0, 0.1) is 11.8 Å². The standard InChI is InChI=1S/C17H10O2/c18-17-15-11-5-4-10-14(15)16(19-17)12-6-9-13-7-2-1-3-8-13/h1-5,7-8,10-12H. The zero-order valence-electron chi connectivity index (χ0n) is 10.1. The molecule has 0 amide bonds. The van der Waals surface area contributed by atoms with Gasteiger partial charge in [0, 0.05) is 17.2 Å². The van der Waals surface area contributed by atoms with Crippen LogP contribution in [0.25, 0.3) is 5.76 Å². The molecule has 0 fully saturated rings. The topological polar surface area (TPSA) is 26.3 Å². The molecule has 90 valence electrons. The minimum absolute atomic E-state index is 0.316. The molecule has 0 bridgehead atoms. The molecule has 2 aromatic carbocycles. The number of rotatable bonds is 0. The first-order valence-corrected chi connectivity index (χ1v) is 5.93. The van der Waals surface area contributed by atoms with Gasteiger partial charge < -0.3 is 4.74 Å². The van der Waals surface area contributed by atoms with E-state index in [0.717, 1.165) is 11.1 Å². The van der Waals surface area contributed by atoms with Gasteiger partial charge in [-0.2, -0.15) is 0 Å². The summed E-state index contributed by atoms with van der Waals surface area (Å²) in [5, 5.41) is 0. The number of benzene rings is 2. The summed E-state index contributed by atoms with van der Waals surface area (Å²) in [6.07, 6.45) is 1.64. The van der Waals surface area contributed by atoms with Crippen molar-refractivity contribution in [3.05, 3.63) is 77.4 Å². The minimum Gasteiger partial charge on any atom is -0.422 e. The van der Waals surface area contributed by atoms with E-state index in [1.165, 1.54) is 0 Å². The lowest BCUT2D eigenvalue weighted by atomic mass is 10.1. The van der Waals surface area contributed by atoms with Gasteiger partial charge in [0.25, 0.3) is 0 Å². The number of esters is 1. The maximum Gasteiger partial charge on any atom is 0.344 e. The third-order valence-corrected chi connectivity index (χ3v) is 2.81. The van der Waals surface area contributed by atoms with E-state index < -0.39 is 0 Å². The minimum atomic E-state index is -0.316. The second kappa shape index (κ2) is 4.83. The number of carbonyl (C=O) groups excluding carboxylic acids is 1. The highest BCUT2D eigenvalue weighted by molar-refractivity contribution is 6.03. The number of hydrogen-bond donors (Lipinski definition) is 0. The van der Waals surface area contributed by atoms with E-state index in [2.05, 4.69) is 11.8 Å². The molecule has 3 rings (SSSR count). The highest BCUT2D eigenvalue weighted by atomic mass is 16.5. The molecule has 19 heavy (non-hydrogen) atoms. The van der Waals surface area contributed by atoms with Crippen LogP contribution in [0.4, 0.5) is 0 Å². The Hall–Kier alpha value is -2.79. The fourth-order valence-corrected chi connectivity index (χ4v) is 1.90. The number of allylic oxidation sites excluding steroid dienone is 1. The van der Waals surface area contributed by atoms with Crippen molar-refractivity contribution < 1.29 is 9.53 Å². The first kappa shape index (κ1) is 11.3. The molecular weight excluding hydrogens is 236 g/mol. The molecule has 0 unspecified atom stereocenters. The lowest BCUT2D eigenvalue weighted by Gasteiger charge is -1.93. The molecule has 1 heterocycles. The van der Waals surface area contributed by atoms with Crippen molar-refractivity contribution in [2.24, 2.45) is 0 Å². The van der Waals surface area contributed by atoms with E-state index in [-0.39, 0.29) is 5.97 Å². The molecule has 2 heteroatoms. The van der Waals surface area contributed by atoms with E-state index >= 15 is 0 Å². The van der Waals surface area contributed by atoms with Gasteiger partial charge in [0.2, 0.25) is 0 Å². The van der Waals surface area contributed by atoms with Crippen LogP contribution in [0.3, 0.4) is 0 Å². The second-order valence-corrected chi connectivity index (χ2v) is 4.08. The number of hydrogen-bond acceptors (Lipinski definition) is 2. The molecule has 0 aliphatic carbocycles. The summed E-state index contributed by atoms with van der Waals surface area (Å²) in [6.45, 7) is 0. The van der Waals surface area contributed by atoms with Gasteiger partial charge in [-0.05, 0) is 18.2 Å². The molecule has 0 saturated heterocycles. The fraction of sp³-hybridized carbons (Fsp3) is 0. The van der Waals surface area contributed by atoms with Gasteiger partial charge in [-0.1, -0.05) is 48.2 Å². The van der Waals surface area contributed by atoms with Crippen LogP contribution >= 0.6 is 0 Å². The Morgan fingerprint density at radius 3 is 2.37 bits per heavy atom. The Balaban J connectivity index is 1.91. The summed E-state index contributed by atoms with van der Waals surface area (Å²) in [4.78, 5) is 11.6. The van der Waals surface area contributed by atoms with Crippen LogP contribution in [-0.4, -0.2) is 5.97 Å². The third kappa shape index (κ3) is 2.27. The summed E-state index contributed by atoms with van der Waals surface area (Å²) in [7, 11) is 0. The van der Waals surface area contributed by atoms with Crippen molar-refractivity contribution >= 4 is 11.7 Å². The van der Waals surface area contributed by atoms with E-state index in [0.29, 0.717) is 11.3 Å². The molecule has 1 aliphatic heterocycles. The highest BCUT2D eigenvalue weighted by Gasteiger charge is 2.24. The second-order valence-electron chi connectivity index (χ2n) is 4.08. The van der Waals surface area contributed by atoms with Gasteiger partial charge >= 0.3 is 5.97 Å². The average Bonchev–Trinajstić information content (AvgIpc) is 2.78. The quantitative estimate of drug-likeness (QED) is 0.527. The Morgan fingerprint density at radius 2 is 1.58 bits per heavy atom. The Morgan fingerprint density at radius 1 is 0.895 bits per heavy atom. The average molecular weight is 246 g/mol. The van der Waals surface area contributed by atoms with Gasteiger partial charge in [-0.25, -0.2) is 4.79 Å². The summed E-state index contributed by atoms with van der Waals surface area (Å²) in [6, 6.07) is 17.0. The lowest BCUT2D eigenvalue weighted by molar-refractivity contribution is 0.0716. The molecule has 0 spiro atoms. The molecule has 0 aromatic heterocycles. The lowest BCUT2D eigenvalue weighted by Crippen LogP contribution is -1.92. The smallest absolute Gasteiger partial charge is 0.344 e. The normalized spacial score (nSPS) is 14.5. The van der Waals surface area contributed by atoms with Crippen molar-refractivity contribution in [1.29, 1.82) is 0 Å². The molecular formula is C17H10O2. The van der Waals surface area contributed by atoms with Crippen molar-refractivity contribution in [3.8, 4) is 11.8 Å². The van der Waals surface area contributed by atoms with Gasteiger partial charge in [-0.3, -0.25) is 0 Å². The highest BCUT2D eigenvalue weighted by Crippen LogP contribution is 2.28. The van der Waals surface area contributed by atoms with Crippen LogP contribution in [0.5, 0.6) is 0 Å². The molecule has 0 radical (unpaired) electrons. The summed E-state index contributed by atoms with van der Waals surface area (Å²) < 4.78 is 5.19. The largest absolute Gasteiger partial charge is 0.422 e. The molecule has 1 aliphatic rings. The van der Waals surface area contributed by atoms with Gasteiger partial charge in [-0.15, -0.1) is 0 Å². The Kier molecular flexibility index (Phi) is 2.88. The molecule has 0 N–H and O–H groups in total. The Bertz CT molecular complexity index is 716. The van der Waals surface area contributed by atoms with Crippen molar-refractivity contribution in [2.45, 2.75) is 0 Å². The summed E-state index contributed by atoms with van der Waals surface area (Å²) in [5.41, 5.74) is 2.32. The maximum absolute atomic E-state index is 11.6. The van der Waals surface area contributed by atoms with E-state index in [1.807, 2.05) is 48.5 Å². The SMILES string of the molecule is O=C1OC(=CC#Cc2ccccc2)c2ccccc21. The monoisotopic (exact) mass is 246 g/mol. The van der Waals surface area contributed by atoms with E-state index in [4.69, 9.17) is 4.74 Å². The van der Waals surface area contributed by atoms with Gasteiger partial charge in [0.1, 0.15) is 5.76 Å². The van der Waals surface area contributed by atoms with Crippen LogP contribution in [0.2, 0.25) is 0 Å². The van der Waals surface area contributed by atoms with Crippen LogP contribution in [0.15, 0.2) is 60.7 Å². The van der Waals surface area contributed by atoms with Crippen molar-refractivity contribution in [1.82, 2.24) is 0 Å². The van der Waals surface area contributed by atoms with Crippen molar-refractivity contribution in [3.63, 3.8) is 0 Å². The number of fused-ring (bicyclic) bond motifs is 1. The molecule has 2 nitrogen and oxygen atoms in total. The molecule has 0 atom stereocenters. The van der Waals surface area contributed by atoms with E-state index in [1.54, 1.807) is 12.1 Å². The fourth-order valence-electron chi connectivity index (χ4n) is 1.90. The Labute approximate surface area is 111 Å². The molecule has 0 saturated carbocycles. The summed E-state index contributed by atoms with van der Waals surface area (Å²) >= 11 is 0.